The van der Waals surface area contributed by atoms with Gasteiger partial charge in [0.1, 0.15) is 0 Å². The number of aliphatic hydroxyl groups excluding tert-OH is 1. The number of hydrogen-bond donors (Lipinski definition) is 4. The van der Waals surface area contributed by atoms with Crippen LogP contribution < -0.4 is 16.6 Å². The van der Waals surface area contributed by atoms with Gasteiger partial charge in [-0.2, -0.15) is 0 Å². The lowest BCUT2D eigenvalue weighted by molar-refractivity contribution is 0.0762. The van der Waals surface area contributed by atoms with E-state index in [-0.39, 0.29) is 17.6 Å². The van der Waals surface area contributed by atoms with Gasteiger partial charge in [0, 0.05) is 18.2 Å². The molecule has 0 bridgehead atoms. The third-order valence-electron chi connectivity index (χ3n) is 4.13. The Labute approximate surface area is 122 Å². The van der Waals surface area contributed by atoms with Gasteiger partial charge in [-0.25, -0.2) is 4.98 Å². The van der Waals surface area contributed by atoms with E-state index in [2.05, 4.69) is 15.3 Å². The SMILES string of the molecule is Nc1ccc2nc(NCC3CCCCC3O)[nH]c(=O)c2c1. The van der Waals surface area contributed by atoms with E-state index in [1.54, 1.807) is 18.2 Å². The van der Waals surface area contributed by atoms with Crippen molar-refractivity contribution in [1.82, 2.24) is 9.97 Å². The van der Waals surface area contributed by atoms with E-state index in [0.29, 0.717) is 29.1 Å². The molecular weight excluding hydrogens is 268 g/mol. The van der Waals surface area contributed by atoms with Crippen LogP contribution in [0.4, 0.5) is 11.6 Å². The van der Waals surface area contributed by atoms with Crippen LogP contribution in [0.3, 0.4) is 0 Å². The van der Waals surface area contributed by atoms with Crippen LogP contribution in [0, 0.1) is 5.92 Å². The molecule has 21 heavy (non-hydrogen) atoms. The zero-order valence-electron chi connectivity index (χ0n) is 11.8. The van der Waals surface area contributed by atoms with Gasteiger partial charge in [0.2, 0.25) is 5.95 Å². The Hall–Kier alpha value is -2.08. The summed E-state index contributed by atoms with van der Waals surface area (Å²) in [4.78, 5) is 19.1. The molecule has 0 saturated heterocycles. The average molecular weight is 288 g/mol. The molecule has 0 aliphatic heterocycles. The minimum Gasteiger partial charge on any atom is -0.399 e. The van der Waals surface area contributed by atoms with E-state index in [9.17, 15) is 9.90 Å². The van der Waals surface area contributed by atoms with Crippen LogP contribution in [0.2, 0.25) is 0 Å². The van der Waals surface area contributed by atoms with Crippen molar-refractivity contribution in [3.05, 3.63) is 28.6 Å². The predicted molar refractivity (Wildman–Crippen MR) is 83.2 cm³/mol. The highest BCUT2D eigenvalue weighted by atomic mass is 16.3. The van der Waals surface area contributed by atoms with Crippen LogP contribution in [0.5, 0.6) is 0 Å². The quantitative estimate of drug-likeness (QED) is 0.640. The number of nitrogens with one attached hydrogen (secondary N) is 2. The highest BCUT2D eigenvalue weighted by Crippen LogP contribution is 2.24. The number of rotatable bonds is 3. The van der Waals surface area contributed by atoms with E-state index >= 15 is 0 Å². The van der Waals surface area contributed by atoms with E-state index in [1.807, 2.05) is 0 Å². The highest BCUT2D eigenvalue weighted by Gasteiger charge is 2.22. The van der Waals surface area contributed by atoms with Crippen LogP contribution in [0.15, 0.2) is 23.0 Å². The summed E-state index contributed by atoms with van der Waals surface area (Å²) in [6.07, 6.45) is 3.82. The van der Waals surface area contributed by atoms with E-state index in [4.69, 9.17) is 5.73 Å². The normalized spacial score (nSPS) is 22.3. The molecular formula is C15H20N4O2. The van der Waals surface area contributed by atoms with Crippen LogP contribution in [-0.2, 0) is 0 Å². The van der Waals surface area contributed by atoms with E-state index < -0.39 is 0 Å². The highest BCUT2D eigenvalue weighted by molar-refractivity contribution is 5.81. The van der Waals surface area contributed by atoms with Crippen LogP contribution in [-0.4, -0.2) is 27.7 Å². The van der Waals surface area contributed by atoms with Gasteiger partial charge < -0.3 is 16.2 Å². The third kappa shape index (κ3) is 3.00. The Balaban J connectivity index is 1.78. The van der Waals surface area contributed by atoms with E-state index in [1.165, 1.54) is 0 Å². The Morgan fingerprint density at radius 2 is 2.19 bits per heavy atom. The summed E-state index contributed by atoms with van der Waals surface area (Å²) in [6, 6.07) is 5.08. The predicted octanol–water partition coefficient (Wildman–Crippen LogP) is 1.47. The average Bonchev–Trinajstić information content (AvgIpc) is 2.47. The number of aliphatic hydroxyl groups is 1. The Morgan fingerprint density at radius 1 is 1.38 bits per heavy atom. The molecule has 0 radical (unpaired) electrons. The minimum atomic E-state index is -0.266. The van der Waals surface area contributed by atoms with Crippen molar-refractivity contribution in [1.29, 1.82) is 0 Å². The molecule has 6 nitrogen and oxygen atoms in total. The number of aromatic amines is 1. The number of fused-ring (bicyclic) bond motifs is 1. The number of anilines is 2. The molecule has 1 aliphatic rings. The molecule has 112 valence electrons. The lowest BCUT2D eigenvalue weighted by atomic mass is 9.86. The number of nitrogen functional groups attached to an aromatic ring is 1. The molecule has 6 heteroatoms. The van der Waals surface area contributed by atoms with Gasteiger partial charge in [-0.1, -0.05) is 12.8 Å². The smallest absolute Gasteiger partial charge is 0.260 e. The van der Waals surface area contributed by atoms with Crippen molar-refractivity contribution in [3.63, 3.8) is 0 Å². The molecule has 0 spiro atoms. The molecule has 2 aromatic rings. The summed E-state index contributed by atoms with van der Waals surface area (Å²) in [6.45, 7) is 0.616. The number of nitrogens with two attached hydrogens (primary N) is 1. The second-order valence-corrected chi connectivity index (χ2v) is 5.68. The standard InChI is InChI=1S/C15H20N4O2/c16-10-5-6-12-11(7-10)14(21)19-15(18-12)17-8-9-3-1-2-4-13(9)20/h5-7,9,13,20H,1-4,8,16H2,(H2,17,18,19,21). The van der Waals surface area contributed by atoms with Crippen LogP contribution in [0.1, 0.15) is 25.7 Å². The Kier molecular flexibility index (Phi) is 3.79. The fourth-order valence-corrected chi connectivity index (χ4v) is 2.89. The van der Waals surface area contributed by atoms with Crippen molar-refractivity contribution in [2.24, 2.45) is 5.92 Å². The molecule has 5 N–H and O–H groups in total. The van der Waals surface area contributed by atoms with Crippen LogP contribution >= 0.6 is 0 Å². The van der Waals surface area contributed by atoms with Crippen molar-refractivity contribution >= 4 is 22.5 Å². The van der Waals surface area contributed by atoms with Gasteiger partial charge >= 0.3 is 0 Å². The zero-order valence-corrected chi connectivity index (χ0v) is 11.8. The summed E-state index contributed by atoms with van der Waals surface area (Å²) in [7, 11) is 0. The molecule has 2 unspecified atom stereocenters. The summed E-state index contributed by atoms with van der Waals surface area (Å²) in [5.74, 6) is 0.654. The minimum absolute atomic E-state index is 0.209. The van der Waals surface area contributed by atoms with Gasteiger partial charge in [0.25, 0.3) is 5.56 Å². The topological polar surface area (TPSA) is 104 Å². The Bertz CT molecular complexity index is 698. The first-order valence-electron chi connectivity index (χ1n) is 7.35. The molecule has 0 amide bonds. The summed E-state index contributed by atoms with van der Waals surface area (Å²) < 4.78 is 0. The molecule has 1 aromatic carbocycles. The number of benzene rings is 1. The second-order valence-electron chi connectivity index (χ2n) is 5.68. The molecule has 1 saturated carbocycles. The monoisotopic (exact) mass is 288 g/mol. The van der Waals surface area contributed by atoms with E-state index in [0.717, 1.165) is 25.7 Å². The van der Waals surface area contributed by atoms with Gasteiger partial charge in [0.15, 0.2) is 0 Å². The van der Waals surface area contributed by atoms with Crippen molar-refractivity contribution < 1.29 is 5.11 Å². The number of H-pyrrole nitrogens is 1. The molecule has 1 fully saturated rings. The first kappa shape index (κ1) is 13.9. The summed E-state index contributed by atoms with van der Waals surface area (Å²) >= 11 is 0. The number of nitrogens with zero attached hydrogens (tertiary/aromatic N) is 1. The molecule has 1 heterocycles. The lowest BCUT2D eigenvalue weighted by Gasteiger charge is -2.27. The van der Waals surface area contributed by atoms with Crippen molar-refractivity contribution in [2.45, 2.75) is 31.8 Å². The van der Waals surface area contributed by atoms with Gasteiger partial charge in [-0.15, -0.1) is 0 Å². The number of aromatic nitrogens is 2. The molecule has 1 aromatic heterocycles. The zero-order chi connectivity index (χ0) is 14.8. The van der Waals surface area contributed by atoms with Gasteiger partial charge in [0.05, 0.1) is 17.0 Å². The molecule has 2 atom stereocenters. The fourth-order valence-electron chi connectivity index (χ4n) is 2.89. The fraction of sp³-hybridized carbons (Fsp3) is 0.467. The maximum Gasteiger partial charge on any atom is 0.260 e. The number of hydrogen-bond acceptors (Lipinski definition) is 5. The maximum atomic E-state index is 12.0. The first-order chi connectivity index (χ1) is 10.1. The van der Waals surface area contributed by atoms with Crippen molar-refractivity contribution in [2.75, 3.05) is 17.6 Å². The molecule has 1 aliphatic carbocycles. The summed E-state index contributed by atoms with van der Waals surface area (Å²) in [5, 5.41) is 13.6. The Morgan fingerprint density at radius 3 is 3.00 bits per heavy atom. The lowest BCUT2D eigenvalue weighted by Crippen LogP contribution is -2.31. The molecule has 3 rings (SSSR count). The summed E-state index contributed by atoms with van der Waals surface area (Å²) in [5.41, 5.74) is 6.62. The third-order valence-corrected chi connectivity index (χ3v) is 4.13. The van der Waals surface area contributed by atoms with Crippen LogP contribution in [0.25, 0.3) is 10.9 Å². The van der Waals surface area contributed by atoms with Gasteiger partial charge in [-0.3, -0.25) is 9.78 Å². The maximum absolute atomic E-state index is 12.0. The largest absolute Gasteiger partial charge is 0.399 e. The second kappa shape index (κ2) is 5.73. The van der Waals surface area contributed by atoms with Gasteiger partial charge in [-0.05, 0) is 31.0 Å². The van der Waals surface area contributed by atoms with Crippen molar-refractivity contribution in [3.8, 4) is 0 Å². The first-order valence-corrected chi connectivity index (χ1v) is 7.35.